The first-order chi connectivity index (χ1) is 65.4. The molecule has 3 aromatic heterocycles. The van der Waals surface area contributed by atoms with Crippen LogP contribution in [0.15, 0.2) is 505 Å². The van der Waals surface area contributed by atoms with E-state index < -0.39 is 0 Å². The van der Waals surface area contributed by atoms with Crippen LogP contribution in [-0.2, 0) is 0 Å². The predicted molar refractivity (Wildman–Crippen MR) is 551 cm³/mol. The van der Waals surface area contributed by atoms with Crippen LogP contribution in [-0.4, -0.2) is 0 Å². The molecule has 0 aliphatic heterocycles. The lowest BCUT2D eigenvalue weighted by Crippen LogP contribution is -2.13. The third-order valence-corrected chi connectivity index (χ3v) is 25.7. The lowest BCUT2D eigenvalue weighted by Gasteiger charge is -2.29. The van der Waals surface area contributed by atoms with E-state index in [0.717, 1.165) is 205 Å². The SMILES string of the molecule is Fc1cc(-c2ccccc2)cc(-c2ccccc2)c1N(c1ccccc1)c1ccc(-c2ccc3c(c2)oc2c4ccc(N(c5ccccc5)c5ccccc5)cc4c4ccccc4c32)cc1.c1ccc(-c2ccccc2N(c2ccccc2)c2ccc(-c3ccc4c(c3)oc3c5ccc(N(c6ccccc6)c6cccc7c6oc6ccccc67)cc5c5ccccc5c43)cc2)cc1. The smallest absolute Gasteiger partial charge is 0.159 e. The van der Waals surface area contributed by atoms with Crippen molar-refractivity contribution in [2.24, 2.45) is 0 Å². The summed E-state index contributed by atoms with van der Waals surface area (Å²) in [6.45, 7) is 0. The monoisotopic (exact) mass is 1690 g/mol. The summed E-state index contributed by atoms with van der Waals surface area (Å²) >= 11 is 0. The second kappa shape index (κ2) is 33.3. The van der Waals surface area contributed by atoms with Crippen molar-refractivity contribution in [1.29, 1.82) is 0 Å². The van der Waals surface area contributed by atoms with Crippen molar-refractivity contribution >= 4 is 177 Å². The number of hydrogen-bond acceptors (Lipinski definition) is 7. The fourth-order valence-electron chi connectivity index (χ4n) is 19.6. The van der Waals surface area contributed by atoms with E-state index in [4.69, 9.17) is 13.3 Å². The maximum atomic E-state index is 17.0. The highest BCUT2D eigenvalue weighted by molar-refractivity contribution is 6.32. The number of halogens is 1. The summed E-state index contributed by atoms with van der Waals surface area (Å²) in [6, 6.07) is 171. The molecule has 0 unspecified atom stereocenters. The van der Waals surface area contributed by atoms with E-state index in [2.05, 4.69) is 397 Å². The van der Waals surface area contributed by atoms with Crippen LogP contribution in [0.5, 0.6) is 0 Å². The molecule has 0 saturated heterocycles. The fraction of sp³-hybridized carbons (Fsp3) is 0. The Balaban J connectivity index is 0.000000146. The number of benzene rings is 22. The minimum Gasteiger partial charge on any atom is -0.455 e. The lowest BCUT2D eigenvalue weighted by molar-refractivity contribution is 0.629. The zero-order chi connectivity index (χ0) is 87.5. The number of nitrogens with zero attached hydrogens (tertiary/aromatic N) is 4. The van der Waals surface area contributed by atoms with Crippen LogP contribution < -0.4 is 19.6 Å². The molecule has 25 rings (SSSR count). The molecule has 3 heterocycles. The summed E-state index contributed by atoms with van der Waals surface area (Å²) in [5.41, 5.74) is 27.1. The van der Waals surface area contributed by atoms with Gasteiger partial charge in [0.1, 0.15) is 33.7 Å². The molecule has 0 atom stereocenters. The summed E-state index contributed by atoms with van der Waals surface area (Å²) in [7, 11) is 0. The van der Waals surface area contributed by atoms with E-state index in [1.807, 2.05) is 108 Å². The molecule has 0 radical (unpaired) electrons. The minimum atomic E-state index is -0.306. The molecule has 8 heteroatoms. The summed E-state index contributed by atoms with van der Waals surface area (Å²) in [5.74, 6) is -0.306. The van der Waals surface area contributed by atoms with E-state index in [1.54, 1.807) is 6.07 Å². The van der Waals surface area contributed by atoms with E-state index in [0.29, 0.717) is 5.69 Å². The summed E-state index contributed by atoms with van der Waals surface area (Å²) in [6.07, 6.45) is 0. The number of rotatable bonds is 17. The van der Waals surface area contributed by atoms with Gasteiger partial charge >= 0.3 is 0 Å². The number of para-hydroxylation sites is 8. The molecule has 7 nitrogen and oxygen atoms in total. The van der Waals surface area contributed by atoms with E-state index >= 15 is 4.39 Å². The van der Waals surface area contributed by atoms with Gasteiger partial charge in [0.15, 0.2) is 5.58 Å². The van der Waals surface area contributed by atoms with Gasteiger partial charge in [-0.25, -0.2) is 4.39 Å². The van der Waals surface area contributed by atoms with E-state index in [9.17, 15) is 0 Å². The van der Waals surface area contributed by atoms with E-state index in [-0.39, 0.29) is 5.82 Å². The first kappa shape index (κ1) is 77.9. The molecule has 0 N–H and O–H groups in total. The molecule has 22 aromatic carbocycles. The van der Waals surface area contributed by atoms with Crippen LogP contribution in [0.2, 0.25) is 0 Å². The maximum Gasteiger partial charge on any atom is 0.159 e. The van der Waals surface area contributed by atoms with Crippen molar-refractivity contribution in [3.05, 3.63) is 497 Å². The molecule has 0 aliphatic rings. The van der Waals surface area contributed by atoms with Gasteiger partial charge in [-0.1, -0.05) is 315 Å². The summed E-state index contributed by atoms with van der Waals surface area (Å²) in [4.78, 5) is 8.97. The Morgan fingerprint density at radius 2 is 0.485 bits per heavy atom. The van der Waals surface area contributed by atoms with Gasteiger partial charge in [0, 0.05) is 105 Å². The predicted octanol–water partition coefficient (Wildman–Crippen LogP) is 36.0. The molecule has 132 heavy (non-hydrogen) atoms. The third kappa shape index (κ3) is 13.9. The Morgan fingerprint density at radius 3 is 0.985 bits per heavy atom. The second-order valence-electron chi connectivity index (χ2n) is 33.4. The van der Waals surface area contributed by atoms with Crippen LogP contribution in [0.1, 0.15) is 0 Å². The van der Waals surface area contributed by atoms with Gasteiger partial charge in [-0.3, -0.25) is 0 Å². The van der Waals surface area contributed by atoms with Crippen molar-refractivity contribution in [2.75, 3.05) is 19.6 Å². The average molecular weight is 1690 g/mol. The van der Waals surface area contributed by atoms with Crippen molar-refractivity contribution in [3.8, 4) is 55.6 Å². The molecule has 0 fully saturated rings. The van der Waals surface area contributed by atoms with Gasteiger partial charge in [0.05, 0.1) is 17.1 Å². The maximum absolute atomic E-state index is 17.0. The molecule has 25 aromatic rings. The van der Waals surface area contributed by atoms with Crippen molar-refractivity contribution < 1.29 is 17.6 Å². The van der Waals surface area contributed by atoms with Crippen LogP contribution in [0.3, 0.4) is 0 Å². The highest BCUT2D eigenvalue weighted by Crippen LogP contribution is 2.52. The molecule has 0 bridgehead atoms. The normalized spacial score (nSPS) is 11.5. The average Bonchev–Trinajstić information content (AvgIpc) is 1.55. The molecule has 622 valence electrons. The Bertz CT molecular complexity index is 8590. The van der Waals surface area contributed by atoms with Crippen LogP contribution in [0.25, 0.3) is 165 Å². The standard InChI is InChI=1S/C62H41FN2O.C62H40N2O2/c63-58-39-46(42-18-6-1-7-19-42)38-56(44-20-8-2-9-21-44)61(58)65(49-26-14-5-15-27-49)50-33-30-43(31-34-50)45-32-36-55-59(40-45)66-62-54-37-35-51(41-57(54)52-28-16-17-29-53(52)60(55)62)64(47-22-10-3-11-23-47)48-24-12-4-13-25-48;1-4-17-42(18-5-1)48-23-12-14-28-56(48)63(44-19-6-2-7-20-44)46-34-31-41(32-35-46)43-33-37-54-59(39-43)66-62-53-38-36-47(40-55(53)49-24-10-11-26-51(49)60(54)62)64(45-21-8-3-9-22-45)57-29-16-27-52-50-25-13-15-30-58(50)65-61(52)57/h1-41H;1-40H. The van der Waals surface area contributed by atoms with Crippen LogP contribution in [0, 0.1) is 5.82 Å². The first-order valence-corrected chi connectivity index (χ1v) is 44.7. The fourth-order valence-corrected chi connectivity index (χ4v) is 19.6. The summed E-state index contributed by atoms with van der Waals surface area (Å²) in [5, 5.41) is 15.7. The molecule has 0 aliphatic carbocycles. The van der Waals surface area contributed by atoms with Gasteiger partial charge in [-0.15, -0.1) is 0 Å². The number of hydrogen-bond donors (Lipinski definition) is 0. The number of anilines is 12. The first-order valence-electron chi connectivity index (χ1n) is 44.7. The Hall–Kier alpha value is -17.6. The largest absolute Gasteiger partial charge is 0.455 e. The van der Waals surface area contributed by atoms with Crippen LogP contribution in [0.4, 0.5) is 72.6 Å². The quantitative estimate of drug-likeness (QED) is 0.0842. The molecule has 0 spiro atoms. The molecular weight excluding hydrogens is 1610 g/mol. The van der Waals surface area contributed by atoms with Crippen LogP contribution >= 0.6 is 0 Å². The second-order valence-corrected chi connectivity index (χ2v) is 33.4. The third-order valence-electron chi connectivity index (χ3n) is 25.7. The Labute approximate surface area is 762 Å². The van der Waals surface area contributed by atoms with Gasteiger partial charge in [0.2, 0.25) is 0 Å². The number of fused-ring (bicyclic) bond motifs is 19. The zero-order valence-electron chi connectivity index (χ0n) is 71.7. The molecule has 0 amide bonds. The highest BCUT2D eigenvalue weighted by atomic mass is 19.1. The summed E-state index contributed by atoms with van der Waals surface area (Å²) < 4.78 is 37.6. The highest BCUT2D eigenvalue weighted by Gasteiger charge is 2.28. The van der Waals surface area contributed by atoms with Gasteiger partial charge in [0.25, 0.3) is 0 Å². The Kier molecular flexibility index (Phi) is 19.7. The van der Waals surface area contributed by atoms with Gasteiger partial charge in [-0.2, -0.15) is 0 Å². The van der Waals surface area contributed by atoms with Crippen molar-refractivity contribution in [3.63, 3.8) is 0 Å². The topological polar surface area (TPSA) is 52.4 Å². The Morgan fingerprint density at radius 1 is 0.159 bits per heavy atom. The van der Waals surface area contributed by atoms with Gasteiger partial charge < -0.3 is 32.9 Å². The molecular formula is C124H81FN4O3. The van der Waals surface area contributed by atoms with Crippen molar-refractivity contribution in [1.82, 2.24) is 0 Å². The van der Waals surface area contributed by atoms with Gasteiger partial charge in [-0.05, 0) is 253 Å². The molecule has 0 saturated carbocycles. The lowest BCUT2D eigenvalue weighted by atomic mass is 9.95. The zero-order valence-corrected chi connectivity index (χ0v) is 71.7. The minimum absolute atomic E-state index is 0.306. The van der Waals surface area contributed by atoms with E-state index in [1.165, 1.54) is 21.9 Å². The number of furan rings is 3. The van der Waals surface area contributed by atoms with Crippen molar-refractivity contribution in [2.45, 2.75) is 0 Å².